The number of benzene rings is 1. The van der Waals surface area contributed by atoms with Crippen LogP contribution in [-0.2, 0) is 17.6 Å². The molecule has 0 aliphatic carbocycles. The number of hydrogen-bond donors (Lipinski definition) is 2. The minimum Gasteiger partial charge on any atom is -0.449 e. The molecule has 112 valence electrons. The van der Waals surface area contributed by atoms with Gasteiger partial charge in [0.25, 0.3) is 0 Å². The van der Waals surface area contributed by atoms with Crippen LogP contribution in [0.15, 0.2) is 24.3 Å². The van der Waals surface area contributed by atoms with Crippen LogP contribution in [0, 0.1) is 0 Å². The molecule has 1 rings (SSSR count). The van der Waals surface area contributed by atoms with Crippen molar-refractivity contribution in [1.82, 2.24) is 5.32 Å². The topological polar surface area (TPSA) is 58.6 Å². The van der Waals surface area contributed by atoms with Gasteiger partial charge in [-0.05, 0) is 30.4 Å². The lowest BCUT2D eigenvalue weighted by atomic mass is 10.0. The molecule has 1 aromatic rings. The summed E-state index contributed by atoms with van der Waals surface area (Å²) in [5.74, 6) is 0. The average Bonchev–Trinajstić information content (AvgIpc) is 2.46. The maximum Gasteiger partial charge on any atom is 0.407 e. The van der Waals surface area contributed by atoms with Gasteiger partial charge in [0.05, 0.1) is 6.61 Å². The summed E-state index contributed by atoms with van der Waals surface area (Å²) in [6.07, 6.45) is 4.38. The van der Waals surface area contributed by atoms with Crippen LogP contribution in [0.4, 0.5) is 4.79 Å². The van der Waals surface area contributed by atoms with E-state index in [0.717, 1.165) is 12.8 Å². The summed E-state index contributed by atoms with van der Waals surface area (Å²) < 4.78 is 4.89. The van der Waals surface area contributed by atoms with E-state index < -0.39 is 6.09 Å². The van der Waals surface area contributed by atoms with E-state index in [4.69, 9.17) is 9.84 Å². The molecule has 0 spiro atoms. The summed E-state index contributed by atoms with van der Waals surface area (Å²) in [7, 11) is 0. The molecule has 0 saturated carbocycles. The first-order valence-electron chi connectivity index (χ1n) is 7.35. The Bertz CT molecular complexity index is 393. The predicted molar refractivity (Wildman–Crippen MR) is 79.8 cm³/mol. The molecule has 2 N–H and O–H groups in total. The maximum atomic E-state index is 11.3. The van der Waals surface area contributed by atoms with Crippen molar-refractivity contribution in [2.45, 2.75) is 39.0 Å². The molecule has 0 aliphatic rings. The van der Waals surface area contributed by atoms with Crippen molar-refractivity contribution in [3.05, 3.63) is 35.4 Å². The Morgan fingerprint density at radius 3 is 2.70 bits per heavy atom. The first-order valence-corrected chi connectivity index (χ1v) is 7.35. The summed E-state index contributed by atoms with van der Waals surface area (Å²) in [5, 5.41) is 11.3. The zero-order valence-electron chi connectivity index (χ0n) is 12.2. The Labute approximate surface area is 121 Å². The van der Waals surface area contributed by atoms with Gasteiger partial charge in [0.1, 0.15) is 0 Å². The predicted octanol–water partition coefficient (Wildman–Crippen LogP) is 2.68. The average molecular weight is 279 g/mol. The second-order valence-electron chi connectivity index (χ2n) is 4.81. The molecule has 0 unspecified atom stereocenters. The molecule has 0 aromatic heterocycles. The van der Waals surface area contributed by atoms with Gasteiger partial charge in [-0.3, -0.25) is 0 Å². The highest BCUT2D eigenvalue weighted by Crippen LogP contribution is 2.09. The summed E-state index contributed by atoms with van der Waals surface area (Å²) in [6, 6.07) is 8.50. The Morgan fingerprint density at radius 2 is 2.00 bits per heavy atom. The highest BCUT2D eigenvalue weighted by molar-refractivity contribution is 5.67. The minimum atomic E-state index is -0.416. The summed E-state index contributed by atoms with van der Waals surface area (Å²) in [6.45, 7) is 3.05. The monoisotopic (exact) mass is 279 g/mol. The van der Waals surface area contributed by atoms with Gasteiger partial charge < -0.3 is 15.2 Å². The van der Waals surface area contributed by atoms with Crippen molar-refractivity contribution < 1.29 is 14.6 Å². The molecule has 1 amide bonds. The number of carbonyl (C=O) groups is 1. The fourth-order valence-corrected chi connectivity index (χ4v) is 1.91. The van der Waals surface area contributed by atoms with Gasteiger partial charge in [0, 0.05) is 19.6 Å². The van der Waals surface area contributed by atoms with Crippen LogP contribution in [-0.4, -0.2) is 31.0 Å². The van der Waals surface area contributed by atoms with Gasteiger partial charge in [-0.1, -0.05) is 37.6 Å². The number of unbranched alkanes of at least 4 members (excludes halogenated alkanes) is 1. The van der Waals surface area contributed by atoms with Gasteiger partial charge in [-0.25, -0.2) is 4.79 Å². The lowest BCUT2D eigenvalue weighted by Gasteiger charge is -2.07. The van der Waals surface area contributed by atoms with E-state index in [0.29, 0.717) is 13.0 Å². The van der Waals surface area contributed by atoms with Gasteiger partial charge >= 0.3 is 6.09 Å². The number of aryl methyl sites for hydroxylation is 1. The second-order valence-corrected chi connectivity index (χ2v) is 4.81. The number of ether oxygens (including phenoxy) is 1. The zero-order valence-corrected chi connectivity index (χ0v) is 12.2. The number of hydrogen-bond acceptors (Lipinski definition) is 3. The molecule has 4 nitrogen and oxygen atoms in total. The number of carbonyl (C=O) groups excluding carboxylic acids is 1. The van der Waals surface area contributed by atoms with E-state index >= 15 is 0 Å². The molecule has 0 saturated heterocycles. The Morgan fingerprint density at radius 1 is 1.25 bits per heavy atom. The third-order valence-corrected chi connectivity index (χ3v) is 3.03. The lowest BCUT2D eigenvalue weighted by molar-refractivity contribution is 0.135. The van der Waals surface area contributed by atoms with Crippen LogP contribution >= 0.6 is 0 Å². The van der Waals surface area contributed by atoms with Crippen LogP contribution in [0.5, 0.6) is 0 Å². The highest BCUT2D eigenvalue weighted by atomic mass is 16.5. The fraction of sp³-hybridized carbons (Fsp3) is 0.562. The zero-order chi connectivity index (χ0) is 14.6. The van der Waals surface area contributed by atoms with Gasteiger partial charge in [0.15, 0.2) is 0 Å². The van der Waals surface area contributed by atoms with Gasteiger partial charge in [0.2, 0.25) is 0 Å². The Balaban J connectivity index is 2.25. The van der Waals surface area contributed by atoms with Crippen molar-refractivity contribution in [2.24, 2.45) is 0 Å². The number of amides is 1. The number of aliphatic hydroxyl groups excluding tert-OH is 1. The molecular weight excluding hydrogens is 254 g/mol. The number of aliphatic hydroxyl groups is 1. The summed E-state index contributed by atoms with van der Waals surface area (Å²) >= 11 is 0. The van der Waals surface area contributed by atoms with Gasteiger partial charge in [-0.2, -0.15) is 0 Å². The number of nitrogens with one attached hydrogen (secondary N) is 1. The second kappa shape index (κ2) is 10.3. The van der Waals surface area contributed by atoms with Crippen LogP contribution in [0.3, 0.4) is 0 Å². The summed E-state index contributed by atoms with van der Waals surface area (Å²) in [5.41, 5.74) is 2.59. The SMILES string of the molecule is CCCCc1cccc(CCNC(=O)OCCCO)c1. The molecule has 1 aromatic carbocycles. The third kappa shape index (κ3) is 7.14. The Hall–Kier alpha value is -1.55. The van der Waals surface area contributed by atoms with Crippen LogP contribution in [0.2, 0.25) is 0 Å². The van der Waals surface area contributed by atoms with Crippen molar-refractivity contribution in [3.63, 3.8) is 0 Å². The van der Waals surface area contributed by atoms with E-state index in [-0.39, 0.29) is 13.2 Å². The number of alkyl carbamates (subject to hydrolysis) is 1. The van der Waals surface area contributed by atoms with E-state index in [1.165, 1.54) is 24.0 Å². The molecule has 0 bridgehead atoms. The quantitative estimate of drug-likeness (QED) is 0.683. The lowest BCUT2D eigenvalue weighted by Crippen LogP contribution is -2.27. The van der Waals surface area contributed by atoms with Crippen LogP contribution in [0.1, 0.15) is 37.3 Å². The third-order valence-electron chi connectivity index (χ3n) is 3.03. The largest absolute Gasteiger partial charge is 0.449 e. The maximum absolute atomic E-state index is 11.3. The van der Waals surface area contributed by atoms with Crippen molar-refractivity contribution in [2.75, 3.05) is 19.8 Å². The van der Waals surface area contributed by atoms with E-state index in [2.05, 4.69) is 36.5 Å². The van der Waals surface area contributed by atoms with Crippen LogP contribution < -0.4 is 5.32 Å². The Kier molecular flexibility index (Phi) is 8.47. The fourth-order valence-electron chi connectivity index (χ4n) is 1.91. The van der Waals surface area contributed by atoms with Crippen molar-refractivity contribution in [1.29, 1.82) is 0 Å². The van der Waals surface area contributed by atoms with Gasteiger partial charge in [-0.15, -0.1) is 0 Å². The molecule has 0 atom stereocenters. The highest BCUT2D eigenvalue weighted by Gasteiger charge is 2.01. The van der Waals surface area contributed by atoms with E-state index in [1.54, 1.807) is 0 Å². The minimum absolute atomic E-state index is 0.0395. The van der Waals surface area contributed by atoms with Crippen LogP contribution in [0.25, 0.3) is 0 Å². The molecule has 4 heteroatoms. The smallest absolute Gasteiger partial charge is 0.407 e. The standard InChI is InChI=1S/C16H25NO3/c1-2-3-6-14-7-4-8-15(13-14)9-10-17-16(19)20-12-5-11-18/h4,7-8,13,18H,2-3,5-6,9-12H2,1H3,(H,17,19). The van der Waals surface area contributed by atoms with Crippen molar-refractivity contribution >= 4 is 6.09 Å². The molecule has 0 radical (unpaired) electrons. The molecule has 0 fully saturated rings. The number of rotatable bonds is 9. The first kappa shape index (κ1) is 16.5. The molecule has 0 aliphatic heterocycles. The van der Waals surface area contributed by atoms with E-state index in [9.17, 15) is 4.79 Å². The van der Waals surface area contributed by atoms with E-state index in [1.807, 2.05) is 0 Å². The van der Waals surface area contributed by atoms with Crippen molar-refractivity contribution in [3.8, 4) is 0 Å². The molecule has 0 heterocycles. The molecular formula is C16H25NO3. The summed E-state index contributed by atoms with van der Waals surface area (Å²) in [4.78, 5) is 11.3. The normalized spacial score (nSPS) is 10.3. The first-order chi connectivity index (χ1) is 9.76. The molecule has 20 heavy (non-hydrogen) atoms.